The van der Waals surface area contributed by atoms with Crippen molar-refractivity contribution in [3.05, 3.63) is 52.1 Å². The highest BCUT2D eigenvalue weighted by molar-refractivity contribution is 7.17. The van der Waals surface area contributed by atoms with Crippen LogP contribution in [0.1, 0.15) is 12.8 Å². The maximum Gasteiger partial charge on any atom is 0.263 e. The highest BCUT2D eigenvalue weighted by Gasteiger charge is 2.25. The molecular weight excluding hydrogens is 431 g/mol. The largest absolute Gasteiger partial charge is 0.377 e. The van der Waals surface area contributed by atoms with E-state index in [4.69, 9.17) is 4.74 Å². The smallest absolute Gasteiger partial charge is 0.263 e. The summed E-state index contributed by atoms with van der Waals surface area (Å²) >= 11 is 1.37. The average molecular weight is 457 g/mol. The van der Waals surface area contributed by atoms with Crippen LogP contribution in [0.5, 0.6) is 0 Å². The summed E-state index contributed by atoms with van der Waals surface area (Å²) in [5, 5.41) is 2.32. The minimum atomic E-state index is -0.328. The monoisotopic (exact) mass is 456 g/mol. The molecule has 1 aromatic carbocycles. The van der Waals surface area contributed by atoms with Gasteiger partial charge < -0.3 is 9.64 Å². The summed E-state index contributed by atoms with van der Waals surface area (Å²) in [6.45, 7) is 4.67. The van der Waals surface area contributed by atoms with Crippen LogP contribution in [0.4, 0.5) is 4.39 Å². The van der Waals surface area contributed by atoms with Crippen molar-refractivity contribution in [1.82, 2.24) is 19.4 Å². The number of piperazine rings is 1. The molecule has 4 heterocycles. The number of carbonyl (C=O) groups is 1. The van der Waals surface area contributed by atoms with Crippen LogP contribution >= 0.6 is 11.3 Å². The Kier molecular flexibility index (Phi) is 6.03. The highest BCUT2D eigenvalue weighted by Crippen LogP contribution is 2.30. The summed E-state index contributed by atoms with van der Waals surface area (Å²) in [5.41, 5.74) is 1.22. The predicted molar refractivity (Wildman–Crippen MR) is 121 cm³/mol. The first-order chi connectivity index (χ1) is 15.6. The molecule has 0 bridgehead atoms. The zero-order valence-corrected chi connectivity index (χ0v) is 18.5. The number of carbonyl (C=O) groups excluding carboxylic acids is 1. The summed E-state index contributed by atoms with van der Waals surface area (Å²) in [6.07, 6.45) is 4.00. The van der Waals surface area contributed by atoms with Gasteiger partial charge in [-0.15, -0.1) is 11.3 Å². The number of hydrogen-bond acceptors (Lipinski definition) is 6. The molecule has 168 valence electrons. The fourth-order valence-electron chi connectivity index (χ4n) is 4.42. The molecule has 1 atom stereocenters. The minimum absolute atomic E-state index is 0.0355. The van der Waals surface area contributed by atoms with Gasteiger partial charge >= 0.3 is 0 Å². The number of fused-ring (bicyclic) bond motifs is 1. The number of thiophene rings is 1. The number of amides is 1. The summed E-state index contributed by atoms with van der Waals surface area (Å²) < 4.78 is 20.4. The van der Waals surface area contributed by atoms with Crippen molar-refractivity contribution in [3.63, 3.8) is 0 Å². The number of halogens is 1. The Morgan fingerprint density at radius 3 is 2.69 bits per heavy atom. The number of rotatable bonds is 5. The summed E-state index contributed by atoms with van der Waals surface area (Å²) in [4.78, 5) is 35.2. The topological polar surface area (TPSA) is 67.7 Å². The average Bonchev–Trinajstić information content (AvgIpc) is 3.47. The molecule has 9 heteroatoms. The van der Waals surface area contributed by atoms with E-state index in [1.165, 1.54) is 34.4 Å². The molecule has 2 aliphatic heterocycles. The molecule has 2 fully saturated rings. The molecule has 2 aliphatic rings. The lowest BCUT2D eigenvalue weighted by atomic mass is 10.1. The van der Waals surface area contributed by atoms with E-state index in [2.05, 4.69) is 9.88 Å². The molecule has 0 radical (unpaired) electrons. The van der Waals surface area contributed by atoms with Gasteiger partial charge in [-0.3, -0.25) is 19.1 Å². The maximum atomic E-state index is 13.3. The maximum absolute atomic E-state index is 13.3. The van der Waals surface area contributed by atoms with E-state index < -0.39 is 0 Å². The lowest BCUT2D eigenvalue weighted by molar-refractivity contribution is -0.133. The van der Waals surface area contributed by atoms with Gasteiger partial charge in [0.15, 0.2) is 0 Å². The highest BCUT2D eigenvalue weighted by atomic mass is 32.1. The van der Waals surface area contributed by atoms with Gasteiger partial charge in [-0.05, 0) is 30.5 Å². The molecule has 32 heavy (non-hydrogen) atoms. The number of benzene rings is 1. The van der Waals surface area contributed by atoms with Crippen LogP contribution in [0.3, 0.4) is 0 Å². The molecule has 5 rings (SSSR count). The van der Waals surface area contributed by atoms with Crippen molar-refractivity contribution in [3.8, 4) is 11.1 Å². The van der Waals surface area contributed by atoms with Gasteiger partial charge in [0.2, 0.25) is 5.91 Å². The third-order valence-electron chi connectivity index (χ3n) is 6.23. The zero-order valence-electron chi connectivity index (χ0n) is 17.7. The van der Waals surface area contributed by atoms with E-state index in [0.717, 1.165) is 44.6 Å². The van der Waals surface area contributed by atoms with Crippen LogP contribution in [0.2, 0.25) is 0 Å². The Morgan fingerprint density at radius 1 is 1.19 bits per heavy atom. The van der Waals surface area contributed by atoms with E-state index in [1.54, 1.807) is 12.1 Å². The normalized spacial score (nSPS) is 19.7. The first-order valence-electron chi connectivity index (χ1n) is 10.9. The molecule has 7 nitrogen and oxygen atoms in total. The van der Waals surface area contributed by atoms with Crippen molar-refractivity contribution in [1.29, 1.82) is 0 Å². The van der Waals surface area contributed by atoms with Crippen LogP contribution in [0.25, 0.3) is 21.3 Å². The van der Waals surface area contributed by atoms with E-state index in [-0.39, 0.29) is 23.8 Å². The molecule has 2 saturated heterocycles. The second-order valence-corrected chi connectivity index (χ2v) is 9.19. The van der Waals surface area contributed by atoms with E-state index in [9.17, 15) is 14.0 Å². The first-order valence-corrected chi connectivity index (χ1v) is 11.8. The molecule has 0 N–H and O–H groups in total. The summed E-state index contributed by atoms with van der Waals surface area (Å²) in [6, 6.07) is 6.04. The SMILES string of the molecule is O=C(Cn1cnc2scc(-c3ccc(F)cc3)c2c1=O)N1CCN(C[C@@H]2CCCO2)CC1. The second-order valence-electron chi connectivity index (χ2n) is 8.33. The molecule has 0 spiro atoms. The third-order valence-corrected chi connectivity index (χ3v) is 7.12. The molecule has 1 amide bonds. The Hall–Kier alpha value is -2.62. The van der Waals surface area contributed by atoms with Crippen molar-refractivity contribution >= 4 is 27.5 Å². The minimum Gasteiger partial charge on any atom is -0.377 e. The molecule has 0 unspecified atom stereocenters. The van der Waals surface area contributed by atoms with Gasteiger partial charge in [0.25, 0.3) is 5.56 Å². The van der Waals surface area contributed by atoms with E-state index >= 15 is 0 Å². The van der Waals surface area contributed by atoms with Crippen molar-refractivity contribution in [2.75, 3.05) is 39.3 Å². The van der Waals surface area contributed by atoms with Gasteiger partial charge in [-0.2, -0.15) is 0 Å². The third kappa shape index (κ3) is 4.32. The van der Waals surface area contributed by atoms with Crippen LogP contribution in [0.15, 0.2) is 40.8 Å². The fourth-order valence-corrected chi connectivity index (χ4v) is 5.33. The summed E-state index contributed by atoms with van der Waals surface area (Å²) in [5.74, 6) is -0.408. The molecule has 2 aromatic heterocycles. The first kappa shape index (κ1) is 21.2. The van der Waals surface area contributed by atoms with Gasteiger partial charge in [-0.1, -0.05) is 12.1 Å². The van der Waals surface area contributed by atoms with Crippen molar-refractivity contribution in [2.45, 2.75) is 25.5 Å². The van der Waals surface area contributed by atoms with E-state index in [1.807, 2.05) is 10.3 Å². The van der Waals surface area contributed by atoms with Gasteiger partial charge in [0.1, 0.15) is 17.2 Å². The number of aromatic nitrogens is 2. The zero-order chi connectivity index (χ0) is 22.1. The van der Waals surface area contributed by atoms with Crippen LogP contribution < -0.4 is 5.56 Å². The standard InChI is InChI=1S/C23H25FN4O3S/c24-17-5-3-16(4-6-17)19-14-32-22-21(19)23(30)28(15-25-22)13-20(29)27-9-7-26(8-10-27)12-18-2-1-11-31-18/h3-6,14-15,18H,1-2,7-13H2/t18-/m0/s1. The summed E-state index contributed by atoms with van der Waals surface area (Å²) in [7, 11) is 0. The van der Waals surface area contributed by atoms with Gasteiger partial charge in [0, 0.05) is 50.3 Å². The van der Waals surface area contributed by atoms with Crippen LogP contribution in [0, 0.1) is 5.82 Å². The molecule has 3 aromatic rings. The number of ether oxygens (including phenoxy) is 1. The second kappa shape index (κ2) is 9.09. The van der Waals surface area contributed by atoms with Crippen LogP contribution in [-0.4, -0.2) is 70.7 Å². The molecule has 0 aliphatic carbocycles. The van der Waals surface area contributed by atoms with Gasteiger partial charge in [0.05, 0.1) is 17.8 Å². The Labute approximate surface area is 189 Å². The Morgan fingerprint density at radius 2 is 1.97 bits per heavy atom. The van der Waals surface area contributed by atoms with Crippen molar-refractivity contribution in [2.24, 2.45) is 0 Å². The number of nitrogens with zero attached hydrogens (tertiary/aromatic N) is 4. The van der Waals surface area contributed by atoms with Gasteiger partial charge in [-0.25, -0.2) is 9.37 Å². The predicted octanol–water partition coefficient (Wildman–Crippen LogP) is 2.59. The van der Waals surface area contributed by atoms with E-state index in [0.29, 0.717) is 35.0 Å². The number of hydrogen-bond donors (Lipinski definition) is 0. The molecular formula is C23H25FN4O3S. The Bertz CT molecular complexity index is 1160. The lowest BCUT2D eigenvalue weighted by Crippen LogP contribution is -2.51. The fraction of sp³-hybridized carbons (Fsp3) is 0.435. The molecule has 0 saturated carbocycles. The van der Waals surface area contributed by atoms with Crippen LogP contribution in [-0.2, 0) is 16.1 Å². The Balaban J connectivity index is 1.28. The van der Waals surface area contributed by atoms with Crippen molar-refractivity contribution < 1.29 is 13.9 Å². The lowest BCUT2D eigenvalue weighted by Gasteiger charge is -2.35. The quantitative estimate of drug-likeness (QED) is 0.591.